The van der Waals surface area contributed by atoms with Crippen molar-refractivity contribution in [2.45, 2.75) is 10.1 Å². The molecule has 0 aliphatic carbocycles. The van der Waals surface area contributed by atoms with Gasteiger partial charge in [0.1, 0.15) is 10.9 Å². The van der Waals surface area contributed by atoms with E-state index in [1.54, 1.807) is 24.0 Å². The second-order valence-corrected chi connectivity index (χ2v) is 5.18. The lowest BCUT2D eigenvalue weighted by atomic mass is 10.3. The largest absolute Gasteiger partial charge is 0.384 e. The summed E-state index contributed by atoms with van der Waals surface area (Å²) in [6, 6.07) is 13.9. The van der Waals surface area contributed by atoms with Crippen LogP contribution in [0.25, 0.3) is 10.9 Å². The maximum Gasteiger partial charge on any atom is 0.124 e. The summed E-state index contributed by atoms with van der Waals surface area (Å²) < 4.78 is 0. The number of benzene rings is 1. The summed E-state index contributed by atoms with van der Waals surface area (Å²) in [6.45, 7) is 0. The normalized spacial score (nSPS) is 10.7. The van der Waals surface area contributed by atoms with Gasteiger partial charge in [0.15, 0.2) is 0 Å². The Morgan fingerprint density at radius 2 is 2.05 bits per heavy atom. The number of nitrogens with zero attached hydrogens (tertiary/aromatic N) is 1. The minimum absolute atomic E-state index is 0.0367. The summed E-state index contributed by atoms with van der Waals surface area (Å²) in [5, 5.41) is 10.4. The molecule has 19 heavy (non-hydrogen) atoms. The van der Waals surface area contributed by atoms with Crippen molar-refractivity contribution in [3.63, 3.8) is 0 Å². The van der Waals surface area contributed by atoms with Gasteiger partial charge in [-0.25, -0.2) is 4.98 Å². The topological polar surface area (TPSA) is 78.5 Å². The molecule has 0 spiro atoms. The van der Waals surface area contributed by atoms with Crippen LogP contribution in [0.1, 0.15) is 5.56 Å². The number of hydrogen-bond acceptors (Lipinski definition) is 3. The van der Waals surface area contributed by atoms with Gasteiger partial charge < -0.3 is 10.7 Å². The van der Waals surface area contributed by atoms with Crippen molar-refractivity contribution in [1.29, 1.82) is 5.41 Å². The smallest absolute Gasteiger partial charge is 0.124 e. The predicted molar refractivity (Wildman–Crippen MR) is 77.7 cm³/mol. The lowest BCUT2D eigenvalue weighted by Gasteiger charge is -2.00. The number of nitrogens with one attached hydrogen (secondary N) is 2. The van der Waals surface area contributed by atoms with Crippen molar-refractivity contribution >= 4 is 28.5 Å². The quantitative estimate of drug-likeness (QED) is 0.504. The summed E-state index contributed by atoms with van der Waals surface area (Å²) in [4.78, 5) is 7.62. The first kappa shape index (κ1) is 11.8. The van der Waals surface area contributed by atoms with E-state index in [4.69, 9.17) is 11.1 Å². The van der Waals surface area contributed by atoms with Crippen LogP contribution in [0.5, 0.6) is 0 Å². The third kappa shape index (κ3) is 2.46. The first-order chi connectivity index (χ1) is 9.22. The van der Waals surface area contributed by atoms with Crippen LogP contribution >= 0.6 is 11.8 Å². The Labute approximate surface area is 114 Å². The SMILES string of the molecule is N=C(N)c1ccc(Sc2cc3ccccc3[nH]2)nc1. The Morgan fingerprint density at radius 3 is 2.74 bits per heavy atom. The molecule has 0 fully saturated rings. The number of H-pyrrole nitrogens is 1. The molecule has 2 aromatic heterocycles. The van der Waals surface area contributed by atoms with Crippen molar-refractivity contribution < 1.29 is 0 Å². The van der Waals surface area contributed by atoms with Crippen LogP contribution in [-0.2, 0) is 0 Å². The second-order valence-electron chi connectivity index (χ2n) is 4.12. The lowest BCUT2D eigenvalue weighted by Crippen LogP contribution is -2.10. The molecular weight excluding hydrogens is 256 g/mol. The molecule has 4 N–H and O–H groups in total. The molecule has 4 nitrogen and oxygen atoms in total. The fourth-order valence-electron chi connectivity index (χ4n) is 1.81. The van der Waals surface area contributed by atoms with E-state index in [1.165, 1.54) is 5.39 Å². The van der Waals surface area contributed by atoms with Crippen LogP contribution < -0.4 is 5.73 Å². The third-order valence-corrected chi connectivity index (χ3v) is 3.66. The van der Waals surface area contributed by atoms with Crippen LogP contribution in [0.15, 0.2) is 58.7 Å². The fraction of sp³-hybridized carbons (Fsp3) is 0. The zero-order chi connectivity index (χ0) is 13.2. The third-order valence-electron chi connectivity index (χ3n) is 2.77. The van der Waals surface area contributed by atoms with E-state index in [0.29, 0.717) is 5.56 Å². The first-order valence-corrected chi connectivity index (χ1v) is 6.60. The van der Waals surface area contributed by atoms with Gasteiger partial charge in [-0.2, -0.15) is 0 Å². The molecule has 0 saturated heterocycles. The van der Waals surface area contributed by atoms with E-state index in [2.05, 4.69) is 22.1 Å². The molecule has 0 aliphatic heterocycles. The van der Waals surface area contributed by atoms with E-state index in [1.807, 2.05) is 24.3 Å². The van der Waals surface area contributed by atoms with Gasteiger partial charge in [-0.3, -0.25) is 5.41 Å². The Morgan fingerprint density at radius 1 is 1.21 bits per heavy atom. The van der Waals surface area contributed by atoms with Crippen molar-refractivity contribution in [3.8, 4) is 0 Å². The summed E-state index contributed by atoms with van der Waals surface area (Å²) in [5.41, 5.74) is 7.15. The number of aromatic amines is 1. The first-order valence-electron chi connectivity index (χ1n) is 5.78. The number of nitrogen functional groups attached to an aromatic ring is 1. The fourth-order valence-corrected chi connectivity index (χ4v) is 2.63. The number of fused-ring (bicyclic) bond motifs is 1. The number of amidine groups is 1. The maximum atomic E-state index is 7.32. The molecule has 5 heteroatoms. The van der Waals surface area contributed by atoms with Crippen LogP contribution in [0, 0.1) is 5.41 Å². The second kappa shape index (κ2) is 4.78. The molecule has 0 saturated carbocycles. The molecule has 0 bridgehead atoms. The minimum Gasteiger partial charge on any atom is -0.384 e. The zero-order valence-electron chi connectivity index (χ0n) is 10.1. The van der Waals surface area contributed by atoms with Crippen molar-refractivity contribution in [2.75, 3.05) is 0 Å². The van der Waals surface area contributed by atoms with Gasteiger partial charge in [-0.05, 0) is 24.3 Å². The van der Waals surface area contributed by atoms with Gasteiger partial charge in [0, 0.05) is 22.7 Å². The zero-order valence-corrected chi connectivity index (χ0v) is 10.9. The highest BCUT2D eigenvalue weighted by atomic mass is 32.2. The summed E-state index contributed by atoms with van der Waals surface area (Å²) in [6.07, 6.45) is 1.62. The van der Waals surface area contributed by atoms with Crippen LogP contribution in [0.3, 0.4) is 0 Å². The molecule has 0 aliphatic rings. The molecule has 3 rings (SSSR count). The molecule has 1 aromatic carbocycles. The number of nitrogens with two attached hydrogens (primary N) is 1. The number of aromatic nitrogens is 2. The molecule has 2 heterocycles. The average molecular weight is 268 g/mol. The minimum atomic E-state index is 0.0367. The lowest BCUT2D eigenvalue weighted by molar-refractivity contribution is 1.11. The molecule has 3 aromatic rings. The number of pyridine rings is 1. The summed E-state index contributed by atoms with van der Waals surface area (Å²) in [5.74, 6) is 0.0367. The molecule has 0 unspecified atom stereocenters. The van der Waals surface area contributed by atoms with E-state index in [9.17, 15) is 0 Å². The highest BCUT2D eigenvalue weighted by Crippen LogP contribution is 2.28. The molecule has 94 valence electrons. The Balaban J connectivity index is 1.86. The number of para-hydroxylation sites is 1. The molecule has 0 atom stereocenters. The van der Waals surface area contributed by atoms with E-state index in [0.717, 1.165) is 15.6 Å². The number of hydrogen-bond donors (Lipinski definition) is 3. The Hall–Kier alpha value is -2.27. The summed E-state index contributed by atoms with van der Waals surface area (Å²) in [7, 11) is 0. The monoisotopic (exact) mass is 268 g/mol. The summed E-state index contributed by atoms with van der Waals surface area (Å²) >= 11 is 1.56. The molecule has 0 radical (unpaired) electrons. The van der Waals surface area contributed by atoms with Gasteiger partial charge in [0.05, 0.1) is 5.03 Å². The van der Waals surface area contributed by atoms with Gasteiger partial charge in [-0.1, -0.05) is 30.0 Å². The van der Waals surface area contributed by atoms with Crippen molar-refractivity contribution in [3.05, 3.63) is 54.2 Å². The highest BCUT2D eigenvalue weighted by molar-refractivity contribution is 7.99. The standard InChI is InChI=1S/C14H12N4S/c15-14(16)10-5-6-12(17-8-10)19-13-7-9-3-1-2-4-11(9)18-13/h1-8,18H,(H3,15,16). The van der Waals surface area contributed by atoms with Crippen LogP contribution in [0.2, 0.25) is 0 Å². The van der Waals surface area contributed by atoms with Crippen LogP contribution in [-0.4, -0.2) is 15.8 Å². The van der Waals surface area contributed by atoms with E-state index < -0.39 is 0 Å². The van der Waals surface area contributed by atoms with Gasteiger partial charge in [0.25, 0.3) is 0 Å². The Bertz CT molecular complexity index is 698. The van der Waals surface area contributed by atoms with Crippen molar-refractivity contribution in [1.82, 2.24) is 9.97 Å². The van der Waals surface area contributed by atoms with E-state index in [-0.39, 0.29) is 5.84 Å². The predicted octanol–water partition coefficient (Wildman–Crippen LogP) is 3.00. The average Bonchev–Trinajstić information content (AvgIpc) is 2.81. The van der Waals surface area contributed by atoms with E-state index >= 15 is 0 Å². The maximum absolute atomic E-state index is 7.32. The Kier molecular flexibility index (Phi) is 2.97. The van der Waals surface area contributed by atoms with Gasteiger partial charge >= 0.3 is 0 Å². The van der Waals surface area contributed by atoms with Crippen LogP contribution in [0.4, 0.5) is 0 Å². The van der Waals surface area contributed by atoms with Gasteiger partial charge in [-0.15, -0.1) is 0 Å². The molecular formula is C14H12N4S. The highest BCUT2D eigenvalue weighted by Gasteiger charge is 2.04. The number of rotatable bonds is 3. The van der Waals surface area contributed by atoms with Crippen molar-refractivity contribution in [2.24, 2.45) is 5.73 Å². The molecule has 0 amide bonds. The van der Waals surface area contributed by atoms with Gasteiger partial charge in [0.2, 0.25) is 0 Å².